The number of benzene rings is 2. The van der Waals surface area contributed by atoms with E-state index in [-0.39, 0.29) is 11.8 Å². The maximum absolute atomic E-state index is 12.5. The first-order valence-electron chi connectivity index (χ1n) is 6.68. The number of nitrogens with zero attached hydrogens (tertiary/aromatic N) is 2. The number of carbonyl (C=O) groups excluding carboxylic acids is 2. The highest BCUT2D eigenvalue weighted by molar-refractivity contribution is 6.34. The Morgan fingerprint density at radius 1 is 0.864 bits per heavy atom. The van der Waals surface area contributed by atoms with Crippen molar-refractivity contribution in [1.82, 2.24) is 4.98 Å². The van der Waals surface area contributed by atoms with Crippen LogP contribution in [0.15, 0.2) is 54.7 Å². The summed E-state index contributed by atoms with van der Waals surface area (Å²) in [5.74, 6) is -0.608. The molecule has 0 bridgehead atoms. The minimum Gasteiger partial charge on any atom is -0.268 e. The zero-order chi connectivity index (χ0) is 15.3. The molecule has 0 spiro atoms. The maximum Gasteiger partial charge on any atom is 0.266 e. The van der Waals surface area contributed by atoms with Gasteiger partial charge < -0.3 is 0 Å². The van der Waals surface area contributed by atoms with Gasteiger partial charge in [-0.15, -0.1) is 0 Å². The van der Waals surface area contributed by atoms with Gasteiger partial charge in [0.15, 0.2) is 0 Å². The first kappa shape index (κ1) is 13.0. The minimum atomic E-state index is -0.304. The van der Waals surface area contributed by atoms with Crippen molar-refractivity contribution in [3.05, 3.63) is 71.0 Å². The van der Waals surface area contributed by atoms with Gasteiger partial charge in [0.1, 0.15) is 5.15 Å². The van der Waals surface area contributed by atoms with E-state index in [0.717, 1.165) is 10.8 Å². The third kappa shape index (κ3) is 1.81. The van der Waals surface area contributed by atoms with Crippen LogP contribution in [0.1, 0.15) is 20.7 Å². The SMILES string of the molecule is O=C1c2ccccc2C(=O)N1c1ccc2cc(Cl)ncc2c1. The molecule has 0 N–H and O–H groups in total. The number of fused-ring (bicyclic) bond motifs is 2. The molecule has 1 aliphatic heterocycles. The maximum atomic E-state index is 12.5. The molecular formula is C17H9ClN2O2. The largest absolute Gasteiger partial charge is 0.268 e. The van der Waals surface area contributed by atoms with Gasteiger partial charge in [-0.25, -0.2) is 9.88 Å². The summed E-state index contributed by atoms with van der Waals surface area (Å²) in [7, 11) is 0. The van der Waals surface area contributed by atoms with E-state index in [1.807, 2.05) is 6.07 Å². The standard InChI is InChI=1S/C17H9ClN2O2/c18-15-8-10-5-6-12(7-11(10)9-19-15)20-16(21)13-3-1-2-4-14(13)17(20)22/h1-9H. The van der Waals surface area contributed by atoms with Gasteiger partial charge in [0, 0.05) is 11.6 Å². The Bertz CT molecular complexity index is 917. The molecular weight excluding hydrogens is 300 g/mol. The van der Waals surface area contributed by atoms with Crippen LogP contribution in [0.25, 0.3) is 10.8 Å². The quantitative estimate of drug-likeness (QED) is 0.509. The van der Waals surface area contributed by atoms with Gasteiger partial charge in [-0.05, 0) is 35.7 Å². The van der Waals surface area contributed by atoms with Gasteiger partial charge in [0.05, 0.1) is 16.8 Å². The van der Waals surface area contributed by atoms with Gasteiger partial charge in [-0.3, -0.25) is 9.59 Å². The first-order valence-corrected chi connectivity index (χ1v) is 7.06. The molecule has 4 rings (SSSR count). The highest BCUT2D eigenvalue weighted by Gasteiger charge is 2.36. The van der Waals surface area contributed by atoms with Crippen molar-refractivity contribution in [2.24, 2.45) is 0 Å². The molecule has 0 saturated heterocycles. The normalized spacial score (nSPS) is 13.8. The molecule has 0 fully saturated rings. The lowest BCUT2D eigenvalue weighted by atomic mass is 10.1. The highest BCUT2D eigenvalue weighted by atomic mass is 35.5. The average Bonchev–Trinajstić information content (AvgIpc) is 2.79. The highest BCUT2D eigenvalue weighted by Crippen LogP contribution is 2.30. The van der Waals surface area contributed by atoms with Crippen molar-refractivity contribution >= 4 is 39.9 Å². The van der Waals surface area contributed by atoms with Gasteiger partial charge in [-0.2, -0.15) is 0 Å². The summed E-state index contributed by atoms with van der Waals surface area (Å²) in [5.41, 5.74) is 1.39. The Hall–Kier alpha value is -2.72. The van der Waals surface area contributed by atoms with Crippen LogP contribution in [-0.4, -0.2) is 16.8 Å². The number of halogens is 1. The van der Waals surface area contributed by atoms with E-state index in [2.05, 4.69) is 4.98 Å². The molecule has 0 unspecified atom stereocenters. The van der Waals surface area contributed by atoms with Crippen molar-refractivity contribution in [1.29, 1.82) is 0 Å². The van der Waals surface area contributed by atoms with Gasteiger partial charge in [0.2, 0.25) is 0 Å². The molecule has 0 atom stereocenters. The molecule has 0 saturated carbocycles. The summed E-state index contributed by atoms with van der Waals surface area (Å²) < 4.78 is 0. The van der Waals surface area contributed by atoms with Crippen LogP contribution in [0.4, 0.5) is 5.69 Å². The second-order valence-electron chi connectivity index (χ2n) is 5.03. The smallest absolute Gasteiger partial charge is 0.266 e. The molecule has 2 aromatic carbocycles. The number of hydrogen-bond donors (Lipinski definition) is 0. The lowest BCUT2D eigenvalue weighted by molar-refractivity contribution is 0.0926. The Morgan fingerprint density at radius 2 is 1.55 bits per heavy atom. The van der Waals surface area contributed by atoms with Crippen molar-refractivity contribution < 1.29 is 9.59 Å². The fourth-order valence-corrected chi connectivity index (χ4v) is 2.83. The van der Waals surface area contributed by atoms with E-state index < -0.39 is 0 Å². The molecule has 0 aliphatic carbocycles. The fourth-order valence-electron chi connectivity index (χ4n) is 2.67. The molecule has 4 nitrogen and oxygen atoms in total. The zero-order valence-electron chi connectivity index (χ0n) is 11.3. The number of anilines is 1. The Morgan fingerprint density at radius 3 is 2.23 bits per heavy atom. The zero-order valence-corrected chi connectivity index (χ0v) is 12.0. The van der Waals surface area contributed by atoms with Crippen LogP contribution in [0, 0.1) is 0 Å². The fraction of sp³-hybridized carbons (Fsp3) is 0. The van der Waals surface area contributed by atoms with Crippen LogP contribution in [0.3, 0.4) is 0 Å². The molecule has 1 aromatic heterocycles. The van der Waals surface area contributed by atoms with Crippen molar-refractivity contribution in [3.63, 3.8) is 0 Å². The van der Waals surface area contributed by atoms with E-state index in [1.165, 1.54) is 4.90 Å². The Kier molecular flexibility index (Phi) is 2.74. The number of pyridine rings is 1. The average molecular weight is 309 g/mol. The lowest BCUT2D eigenvalue weighted by Gasteiger charge is -2.14. The van der Waals surface area contributed by atoms with Crippen LogP contribution >= 0.6 is 11.6 Å². The molecule has 5 heteroatoms. The molecule has 0 radical (unpaired) electrons. The van der Waals surface area contributed by atoms with Crippen LogP contribution in [0.5, 0.6) is 0 Å². The number of aromatic nitrogens is 1. The molecule has 106 valence electrons. The second-order valence-corrected chi connectivity index (χ2v) is 5.42. The number of rotatable bonds is 1. The van der Waals surface area contributed by atoms with Crippen LogP contribution in [0.2, 0.25) is 5.15 Å². The van der Waals surface area contributed by atoms with Gasteiger partial charge >= 0.3 is 0 Å². The molecule has 2 heterocycles. The third-order valence-corrected chi connectivity index (χ3v) is 3.93. The molecule has 2 amide bonds. The van der Waals surface area contributed by atoms with Crippen molar-refractivity contribution in [2.75, 3.05) is 4.90 Å². The van der Waals surface area contributed by atoms with E-state index in [4.69, 9.17) is 11.6 Å². The monoisotopic (exact) mass is 308 g/mol. The lowest BCUT2D eigenvalue weighted by Crippen LogP contribution is -2.29. The van der Waals surface area contributed by atoms with E-state index in [9.17, 15) is 9.59 Å². The third-order valence-electron chi connectivity index (χ3n) is 3.72. The second kappa shape index (κ2) is 4.64. The summed E-state index contributed by atoms with van der Waals surface area (Å²) >= 11 is 5.86. The summed E-state index contributed by atoms with van der Waals surface area (Å²) in [6.45, 7) is 0. The van der Waals surface area contributed by atoms with E-state index in [1.54, 1.807) is 48.7 Å². The summed E-state index contributed by atoms with van der Waals surface area (Å²) in [6, 6.07) is 13.9. The van der Waals surface area contributed by atoms with E-state index in [0.29, 0.717) is 22.0 Å². The number of amides is 2. The predicted octanol–water partition coefficient (Wildman–Crippen LogP) is 3.69. The van der Waals surface area contributed by atoms with E-state index >= 15 is 0 Å². The summed E-state index contributed by atoms with van der Waals surface area (Å²) in [5, 5.41) is 2.12. The molecule has 22 heavy (non-hydrogen) atoms. The summed E-state index contributed by atoms with van der Waals surface area (Å²) in [4.78, 5) is 30.2. The topological polar surface area (TPSA) is 50.3 Å². The number of imide groups is 1. The molecule has 3 aromatic rings. The Balaban J connectivity index is 1.85. The van der Waals surface area contributed by atoms with Crippen molar-refractivity contribution in [3.8, 4) is 0 Å². The van der Waals surface area contributed by atoms with Crippen LogP contribution < -0.4 is 4.90 Å². The van der Waals surface area contributed by atoms with Gasteiger partial charge in [0.25, 0.3) is 11.8 Å². The number of hydrogen-bond acceptors (Lipinski definition) is 3. The van der Waals surface area contributed by atoms with Crippen molar-refractivity contribution in [2.45, 2.75) is 0 Å². The predicted molar refractivity (Wildman–Crippen MR) is 84.3 cm³/mol. The number of carbonyl (C=O) groups is 2. The van der Waals surface area contributed by atoms with Gasteiger partial charge in [-0.1, -0.05) is 29.8 Å². The van der Waals surface area contributed by atoms with Crippen LogP contribution in [-0.2, 0) is 0 Å². The first-order chi connectivity index (χ1) is 10.6. The molecule has 1 aliphatic rings. The minimum absolute atomic E-state index is 0.304. The Labute approximate surface area is 131 Å². The summed E-state index contributed by atoms with van der Waals surface area (Å²) in [6.07, 6.45) is 1.62.